The number of hydrogen-bond acceptors (Lipinski definition) is 1. The van der Waals surface area contributed by atoms with Crippen LogP contribution in [-0.2, 0) is 0 Å². The summed E-state index contributed by atoms with van der Waals surface area (Å²) >= 11 is 0. The van der Waals surface area contributed by atoms with E-state index in [4.69, 9.17) is 4.42 Å². The van der Waals surface area contributed by atoms with E-state index in [1.165, 1.54) is 66.1 Å². The molecule has 1 heteroatoms. The summed E-state index contributed by atoms with van der Waals surface area (Å²) in [6.45, 7) is 0. The van der Waals surface area contributed by atoms with Crippen LogP contribution < -0.4 is 0 Å². The Morgan fingerprint density at radius 1 is 0.289 bits per heavy atom. The average molecular weight is 573 g/mol. The Labute approximate surface area is 261 Å². The molecule has 0 saturated carbocycles. The molecule has 0 unspecified atom stereocenters. The smallest absolute Gasteiger partial charge is 0.136 e. The summed E-state index contributed by atoms with van der Waals surface area (Å²) in [6.07, 6.45) is 0. The zero-order valence-corrected chi connectivity index (χ0v) is 24.6. The van der Waals surface area contributed by atoms with E-state index in [1.54, 1.807) is 0 Å². The van der Waals surface area contributed by atoms with Gasteiger partial charge in [0.05, 0.1) is 0 Å². The van der Waals surface area contributed by atoms with Crippen molar-refractivity contribution < 1.29 is 4.42 Å². The van der Waals surface area contributed by atoms with Gasteiger partial charge in [-0.05, 0) is 84.8 Å². The Morgan fingerprint density at radius 3 is 1.47 bits per heavy atom. The Bertz CT molecular complexity index is 2460. The van der Waals surface area contributed by atoms with Crippen LogP contribution in [0.2, 0.25) is 0 Å². The fourth-order valence-electron chi connectivity index (χ4n) is 7.14. The predicted octanol–water partition coefficient (Wildman–Crippen LogP) is 12.6. The van der Waals surface area contributed by atoms with E-state index in [1.807, 2.05) is 6.07 Å². The highest BCUT2D eigenvalue weighted by Crippen LogP contribution is 2.49. The molecule has 1 aromatic heterocycles. The van der Waals surface area contributed by atoms with Crippen molar-refractivity contribution >= 4 is 43.5 Å². The maximum atomic E-state index is 6.41. The number of fused-ring (bicyclic) bond motifs is 5. The summed E-state index contributed by atoms with van der Waals surface area (Å²) in [6, 6.07) is 61.0. The van der Waals surface area contributed by atoms with Gasteiger partial charge in [0, 0.05) is 16.3 Å². The molecule has 1 heterocycles. The molecule has 0 amide bonds. The largest absolute Gasteiger partial charge is 0.456 e. The Balaban J connectivity index is 1.41. The lowest BCUT2D eigenvalue weighted by Gasteiger charge is -2.20. The molecule has 0 atom stereocenters. The molecular formula is C44H28O. The molecule has 0 aliphatic carbocycles. The zero-order valence-electron chi connectivity index (χ0n) is 24.6. The van der Waals surface area contributed by atoms with Gasteiger partial charge in [-0.3, -0.25) is 0 Å². The van der Waals surface area contributed by atoms with Gasteiger partial charge in [-0.2, -0.15) is 0 Å². The maximum absolute atomic E-state index is 6.41. The second kappa shape index (κ2) is 10.4. The van der Waals surface area contributed by atoms with Crippen molar-refractivity contribution in [2.24, 2.45) is 0 Å². The second-order valence-corrected chi connectivity index (χ2v) is 11.6. The van der Waals surface area contributed by atoms with Gasteiger partial charge in [-0.1, -0.05) is 146 Å². The molecule has 0 aliphatic rings. The van der Waals surface area contributed by atoms with Gasteiger partial charge in [0.2, 0.25) is 0 Å². The topological polar surface area (TPSA) is 13.1 Å². The molecule has 1 nitrogen and oxygen atoms in total. The van der Waals surface area contributed by atoms with Crippen molar-refractivity contribution in [3.8, 4) is 44.5 Å². The van der Waals surface area contributed by atoms with Crippen molar-refractivity contribution in [1.29, 1.82) is 0 Å². The molecule has 0 N–H and O–H groups in total. The lowest BCUT2D eigenvalue weighted by Crippen LogP contribution is -1.93. The van der Waals surface area contributed by atoms with Crippen LogP contribution in [0.4, 0.5) is 0 Å². The van der Waals surface area contributed by atoms with Crippen molar-refractivity contribution in [3.63, 3.8) is 0 Å². The number of hydrogen-bond donors (Lipinski definition) is 0. The minimum Gasteiger partial charge on any atom is -0.456 e. The summed E-state index contributed by atoms with van der Waals surface area (Å²) in [5, 5.41) is 7.25. The fourth-order valence-corrected chi connectivity index (χ4v) is 7.14. The Kier molecular flexibility index (Phi) is 5.89. The highest BCUT2D eigenvalue weighted by Gasteiger charge is 2.22. The van der Waals surface area contributed by atoms with E-state index in [9.17, 15) is 0 Å². The normalized spacial score (nSPS) is 11.6. The van der Waals surface area contributed by atoms with Crippen molar-refractivity contribution in [2.45, 2.75) is 0 Å². The third-order valence-corrected chi connectivity index (χ3v) is 9.07. The van der Waals surface area contributed by atoms with Crippen molar-refractivity contribution in [3.05, 3.63) is 170 Å². The monoisotopic (exact) mass is 572 g/mol. The van der Waals surface area contributed by atoms with Crippen LogP contribution in [0, 0.1) is 0 Å². The minimum atomic E-state index is 0.904. The molecule has 8 aromatic carbocycles. The molecule has 0 saturated heterocycles. The highest BCUT2D eigenvalue weighted by atomic mass is 16.3. The van der Waals surface area contributed by atoms with Crippen LogP contribution in [0.15, 0.2) is 174 Å². The number of furan rings is 1. The summed E-state index contributed by atoms with van der Waals surface area (Å²) in [7, 11) is 0. The summed E-state index contributed by atoms with van der Waals surface area (Å²) in [4.78, 5) is 0. The van der Waals surface area contributed by atoms with Crippen molar-refractivity contribution in [1.82, 2.24) is 0 Å². The van der Waals surface area contributed by atoms with E-state index >= 15 is 0 Å². The van der Waals surface area contributed by atoms with Crippen molar-refractivity contribution in [2.75, 3.05) is 0 Å². The fraction of sp³-hybridized carbons (Fsp3) is 0. The molecule has 210 valence electrons. The first-order chi connectivity index (χ1) is 22.3. The third kappa shape index (κ3) is 4.09. The van der Waals surface area contributed by atoms with Gasteiger partial charge in [0.25, 0.3) is 0 Å². The van der Waals surface area contributed by atoms with Crippen LogP contribution in [0.5, 0.6) is 0 Å². The molecule has 45 heavy (non-hydrogen) atoms. The standard InChI is InChI=1S/C44H28O/c1-3-14-29(15-4-1)31-18-13-19-32(28-31)41-33-20-7-9-22-35(33)43(36-23-10-8-21-34(36)41)38-26-27-40-44(37-24-11-12-25-39(37)45-40)42(38)30-16-5-2-6-17-30/h1-28H. The predicted molar refractivity (Wildman–Crippen MR) is 190 cm³/mol. The SMILES string of the molecule is c1ccc(-c2cccc(-c3c4ccccc4c(-c4ccc5oc6ccccc6c5c4-c4ccccc4)c4ccccc34)c2)cc1. The van der Waals surface area contributed by atoms with Gasteiger partial charge in [0.15, 0.2) is 0 Å². The lowest BCUT2D eigenvalue weighted by molar-refractivity contribution is 0.669. The van der Waals surface area contributed by atoms with Gasteiger partial charge in [0.1, 0.15) is 11.2 Å². The molecule has 0 bridgehead atoms. The molecule has 0 aliphatic heterocycles. The first-order valence-corrected chi connectivity index (χ1v) is 15.4. The summed E-state index contributed by atoms with van der Waals surface area (Å²) in [5.74, 6) is 0. The minimum absolute atomic E-state index is 0.904. The van der Waals surface area contributed by atoms with Crippen LogP contribution in [0.3, 0.4) is 0 Å². The van der Waals surface area contributed by atoms with Crippen LogP contribution >= 0.6 is 0 Å². The number of benzene rings is 8. The third-order valence-electron chi connectivity index (χ3n) is 9.07. The van der Waals surface area contributed by atoms with E-state index in [-0.39, 0.29) is 0 Å². The first kappa shape index (κ1) is 25.6. The van der Waals surface area contributed by atoms with E-state index in [0.29, 0.717) is 0 Å². The molecule has 0 radical (unpaired) electrons. The summed E-state index contributed by atoms with van der Waals surface area (Å²) < 4.78 is 6.41. The summed E-state index contributed by atoms with van der Waals surface area (Å²) in [5.41, 5.74) is 11.6. The number of rotatable bonds is 4. The molecule has 9 rings (SSSR count). The highest BCUT2D eigenvalue weighted by molar-refractivity contribution is 6.25. The van der Waals surface area contributed by atoms with Gasteiger partial charge >= 0.3 is 0 Å². The lowest BCUT2D eigenvalue weighted by atomic mass is 9.82. The Hall–Kier alpha value is -5.92. The molecule has 0 spiro atoms. The number of para-hydroxylation sites is 1. The van der Waals surface area contributed by atoms with Gasteiger partial charge in [-0.15, -0.1) is 0 Å². The van der Waals surface area contributed by atoms with Gasteiger partial charge < -0.3 is 4.42 Å². The maximum Gasteiger partial charge on any atom is 0.136 e. The Morgan fingerprint density at radius 2 is 0.800 bits per heavy atom. The zero-order chi connectivity index (χ0) is 29.7. The van der Waals surface area contributed by atoms with Crippen LogP contribution in [-0.4, -0.2) is 0 Å². The molecule has 9 aromatic rings. The second-order valence-electron chi connectivity index (χ2n) is 11.6. The van der Waals surface area contributed by atoms with E-state index in [2.05, 4.69) is 164 Å². The van der Waals surface area contributed by atoms with Crippen LogP contribution in [0.1, 0.15) is 0 Å². The van der Waals surface area contributed by atoms with E-state index < -0.39 is 0 Å². The van der Waals surface area contributed by atoms with Crippen LogP contribution in [0.25, 0.3) is 88.0 Å². The first-order valence-electron chi connectivity index (χ1n) is 15.4. The molecule has 0 fully saturated rings. The average Bonchev–Trinajstić information content (AvgIpc) is 3.50. The quantitative estimate of drug-likeness (QED) is 0.191. The molecular weight excluding hydrogens is 544 g/mol. The van der Waals surface area contributed by atoms with Gasteiger partial charge in [-0.25, -0.2) is 0 Å². The van der Waals surface area contributed by atoms with E-state index in [0.717, 1.165) is 21.9 Å².